The number of ether oxygens (including phenoxy) is 1. The van der Waals surface area contributed by atoms with E-state index in [1.54, 1.807) is 0 Å². The van der Waals surface area contributed by atoms with Gasteiger partial charge in [0, 0.05) is 18.6 Å². The van der Waals surface area contributed by atoms with E-state index in [0.717, 1.165) is 32.3 Å². The normalized spacial score (nSPS) is 25.3. The molecule has 0 aromatic rings. The third-order valence-electron chi connectivity index (χ3n) is 3.14. The van der Waals surface area contributed by atoms with Crippen molar-refractivity contribution in [1.82, 2.24) is 5.32 Å². The van der Waals surface area contributed by atoms with Gasteiger partial charge in [-0.2, -0.15) is 0 Å². The maximum atomic E-state index is 11.8. The molecule has 3 heteroatoms. The molecular weight excluding hydrogens is 214 g/mol. The van der Waals surface area contributed by atoms with E-state index in [1.807, 2.05) is 13.8 Å². The van der Waals surface area contributed by atoms with Crippen molar-refractivity contribution in [2.24, 2.45) is 11.8 Å². The van der Waals surface area contributed by atoms with E-state index in [0.29, 0.717) is 12.0 Å². The third-order valence-corrected chi connectivity index (χ3v) is 3.14. The Labute approximate surface area is 105 Å². The zero-order chi connectivity index (χ0) is 12.8. The molecule has 0 atom stereocenters. The second kappa shape index (κ2) is 7.00. The van der Waals surface area contributed by atoms with Crippen molar-refractivity contribution in [2.45, 2.75) is 65.5 Å². The topological polar surface area (TPSA) is 38.3 Å². The van der Waals surface area contributed by atoms with Crippen molar-refractivity contribution in [3.63, 3.8) is 0 Å². The summed E-state index contributed by atoms with van der Waals surface area (Å²) in [7, 11) is 0. The highest BCUT2D eigenvalue weighted by atomic mass is 16.5. The molecule has 0 radical (unpaired) electrons. The quantitative estimate of drug-likeness (QED) is 0.803. The number of rotatable bonds is 5. The molecular formula is C14H27NO2. The van der Waals surface area contributed by atoms with Crippen LogP contribution in [0, 0.1) is 11.8 Å². The van der Waals surface area contributed by atoms with Crippen molar-refractivity contribution >= 4 is 5.91 Å². The first kappa shape index (κ1) is 14.5. The highest BCUT2D eigenvalue weighted by molar-refractivity contribution is 5.78. The van der Waals surface area contributed by atoms with Crippen molar-refractivity contribution < 1.29 is 9.53 Å². The summed E-state index contributed by atoms with van der Waals surface area (Å²) < 4.78 is 5.82. The lowest BCUT2D eigenvalue weighted by atomic mass is 9.86. The Hall–Kier alpha value is -0.570. The molecule has 0 bridgehead atoms. The summed E-state index contributed by atoms with van der Waals surface area (Å²) in [5.41, 5.74) is 0. The first-order valence-electron chi connectivity index (χ1n) is 6.91. The van der Waals surface area contributed by atoms with E-state index in [-0.39, 0.29) is 17.9 Å². The van der Waals surface area contributed by atoms with E-state index < -0.39 is 0 Å². The molecule has 0 saturated heterocycles. The van der Waals surface area contributed by atoms with Crippen LogP contribution in [0.2, 0.25) is 0 Å². The van der Waals surface area contributed by atoms with Crippen molar-refractivity contribution in [3.05, 3.63) is 0 Å². The molecule has 1 aliphatic carbocycles. The number of carbonyl (C=O) groups is 1. The summed E-state index contributed by atoms with van der Waals surface area (Å²) in [6, 6.07) is 0.248. The van der Waals surface area contributed by atoms with Crippen molar-refractivity contribution in [2.75, 3.05) is 6.61 Å². The van der Waals surface area contributed by atoms with Gasteiger partial charge in [-0.05, 0) is 45.4 Å². The molecule has 0 unspecified atom stereocenters. The zero-order valence-corrected chi connectivity index (χ0v) is 11.7. The second-order valence-corrected chi connectivity index (χ2v) is 5.86. The largest absolute Gasteiger partial charge is 0.378 e. The van der Waals surface area contributed by atoms with Crippen molar-refractivity contribution in [3.8, 4) is 0 Å². The minimum Gasteiger partial charge on any atom is -0.378 e. The Kier molecular flexibility index (Phi) is 5.96. The summed E-state index contributed by atoms with van der Waals surface area (Å²) >= 11 is 0. The van der Waals surface area contributed by atoms with Gasteiger partial charge in [-0.1, -0.05) is 13.8 Å². The van der Waals surface area contributed by atoms with Crippen LogP contribution in [0.1, 0.15) is 53.4 Å². The number of carbonyl (C=O) groups excluding carboxylic acids is 1. The summed E-state index contributed by atoms with van der Waals surface area (Å²) in [5, 5.41) is 3.00. The molecule has 0 spiro atoms. The predicted molar refractivity (Wildman–Crippen MR) is 69.8 cm³/mol. The van der Waals surface area contributed by atoms with Crippen LogP contribution in [-0.2, 0) is 9.53 Å². The molecule has 3 nitrogen and oxygen atoms in total. The molecule has 1 rings (SSSR count). The van der Waals surface area contributed by atoms with Crippen LogP contribution in [0.5, 0.6) is 0 Å². The minimum absolute atomic E-state index is 0.205. The van der Waals surface area contributed by atoms with E-state index in [1.165, 1.54) is 0 Å². The summed E-state index contributed by atoms with van der Waals surface area (Å²) in [6.45, 7) is 9.20. The van der Waals surface area contributed by atoms with Gasteiger partial charge in [0.2, 0.25) is 5.91 Å². The van der Waals surface area contributed by atoms with Gasteiger partial charge >= 0.3 is 0 Å². The van der Waals surface area contributed by atoms with Gasteiger partial charge in [0.1, 0.15) is 0 Å². The molecule has 0 heterocycles. The van der Waals surface area contributed by atoms with Gasteiger partial charge in [-0.15, -0.1) is 0 Å². The van der Waals surface area contributed by atoms with Gasteiger partial charge in [0.25, 0.3) is 0 Å². The van der Waals surface area contributed by atoms with E-state index >= 15 is 0 Å². The molecule has 100 valence electrons. The lowest BCUT2D eigenvalue weighted by molar-refractivity contribution is -0.127. The smallest absolute Gasteiger partial charge is 0.223 e. The molecule has 0 aromatic carbocycles. The maximum Gasteiger partial charge on any atom is 0.223 e. The Bertz CT molecular complexity index is 230. The molecule has 17 heavy (non-hydrogen) atoms. The van der Waals surface area contributed by atoms with Gasteiger partial charge in [-0.25, -0.2) is 0 Å². The predicted octanol–water partition coefficient (Wildman–Crippen LogP) is 2.74. The molecule has 1 aliphatic rings. The summed E-state index contributed by atoms with van der Waals surface area (Å²) in [4.78, 5) is 11.8. The van der Waals surface area contributed by atoms with Crippen LogP contribution in [0.15, 0.2) is 0 Å². The van der Waals surface area contributed by atoms with Crippen LogP contribution in [0.3, 0.4) is 0 Å². The fraction of sp³-hybridized carbons (Fsp3) is 0.929. The molecule has 1 amide bonds. The van der Waals surface area contributed by atoms with Gasteiger partial charge in [-0.3, -0.25) is 4.79 Å². The van der Waals surface area contributed by atoms with Crippen molar-refractivity contribution in [1.29, 1.82) is 0 Å². The maximum absolute atomic E-state index is 11.8. The van der Waals surface area contributed by atoms with Crippen LogP contribution in [0.4, 0.5) is 0 Å². The standard InChI is InChI=1S/C14H27NO2/c1-10(2)9-17-13-7-5-12(6-8-13)14(16)15-11(3)4/h10-13H,5-9H2,1-4H3,(H,15,16). The number of amides is 1. The fourth-order valence-corrected chi connectivity index (χ4v) is 2.22. The first-order chi connectivity index (χ1) is 7.99. The average molecular weight is 241 g/mol. The molecule has 0 aliphatic heterocycles. The van der Waals surface area contributed by atoms with E-state index in [2.05, 4.69) is 19.2 Å². The number of nitrogens with one attached hydrogen (secondary N) is 1. The lowest BCUT2D eigenvalue weighted by Crippen LogP contribution is -2.38. The molecule has 1 saturated carbocycles. The highest BCUT2D eigenvalue weighted by Crippen LogP contribution is 2.26. The average Bonchev–Trinajstić information content (AvgIpc) is 2.26. The zero-order valence-electron chi connectivity index (χ0n) is 11.7. The lowest BCUT2D eigenvalue weighted by Gasteiger charge is -2.28. The monoisotopic (exact) mass is 241 g/mol. The Morgan fingerprint density at radius 3 is 2.24 bits per heavy atom. The van der Waals surface area contributed by atoms with E-state index in [4.69, 9.17) is 4.74 Å². The minimum atomic E-state index is 0.205. The summed E-state index contributed by atoms with van der Waals surface area (Å²) in [5.74, 6) is 1.02. The van der Waals surface area contributed by atoms with Gasteiger partial charge in [0.05, 0.1) is 6.10 Å². The Balaban J connectivity index is 2.23. The van der Waals surface area contributed by atoms with Crippen LogP contribution >= 0.6 is 0 Å². The Morgan fingerprint density at radius 1 is 1.18 bits per heavy atom. The Morgan fingerprint density at radius 2 is 1.76 bits per heavy atom. The highest BCUT2D eigenvalue weighted by Gasteiger charge is 2.26. The molecule has 0 aromatic heterocycles. The van der Waals surface area contributed by atoms with E-state index in [9.17, 15) is 4.79 Å². The van der Waals surface area contributed by atoms with Crippen LogP contribution in [0.25, 0.3) is 0 Å². The molecule has 1 fully saturated rings. The first-order valence-corrected chi connectivity index (χ1v) is 6.91. The third kappa shape index (κ3) is 5.53. The second-order valence-electron chi connectivity index (χ2n) is 5.86. The number of hydrogen-bond acceptors (Lipinski definition) is 2. The molecule has 1 N–H and O–H groups in total. The fourth-order valence-electron chi connectivity index (χ4n) is 2.22. The number of hydrogen-bond donors (Lipinski definition) is 1. The van der Waals surface area contributed by atoms with Crippen LogP contribution in [-0.4, -0.2) is 24.7 Å². The van der Waals surface area contributed by atoms with Gasteiger partial charge < -0.3 is 10.1 Å². The SMILES string of the molecule is CC(C)COC1CCC(C(=O)NC(C)C)CC1. The van der Waals surface area contributed by atoms with Gasteiger partial charge in [0.15, 0.2) is 0 Å². The summed E-state index contributed by atoms with van der Waals surface area (Å²) in [6.07, 6.45) is 4.38. The van der Waals surface area contributed by atoms with Crippen LogP contribution < -0.4 is 5.32 Å².